The van der Waals surface area contributed by atoms with Crippen LogP contribution in [0.2, 0.25) is 0 Å². The van der Waals surface area contributed by atoms with E-state index in [1.165, 1.54) is 10.9 Å². The van der Waals surface area contributed by atoms with Crippen molar-refractivity contribution in [3.05, 3.63) is 64.3 Å². The summed E-state index contributed by atoms with van der Waals surface area (Å²) in [7, 11) is 1.64. The molecule has 0 saturated heterocycles. The van der Waals surface area contributed by atoms with Gasteiger partial charge in [-0.15, -0.1) is 0 Å². The van der Waals surface area contributed by atoms with Crippen molar-refractivity contribution in [3.63, 3.8) is 0 Å². The molecule has 0 aliphatic rings. The van der Waals surface area contributed by atoms with Gasteiger partial charge in [0.2, 0.25) is 0 Å². The second-order valence-corrected chi connectivity index (χ2v) is 7.08. The number of aromatic nitrogens is 2. The molecule has 152 valence electrons. The molecule has 0 fully saturated rings. The van der Waals surface area contributed by atoms with E-state index in [1.54, 1.807) is 19.2 Å². The molecule has 0 atom stereocenters. The Hall–Kier alpha value is -3.07. The van der Waals surface area contributed by atoms with E-state index >= 15 is 0 Å². The molecule has 0 radical (unpaired) electrons. The summed E-state index contributed by atoms with van der Waals surface area (Å²) in [6, 6.07) is 10.7. The van der Waals surface area contributed by atoms with E-state index in [9.17, 15) is 9.59 Å². The second-order valence-electron chi connectivity index (χ2n) is 6.23. The van der Waals surface area contributed by atoms with Crippen molar-refractivity contribution in [1.29, 1.82) is 0 Å². The summed E-state index contributed by atoms with van der Waals surface area (Å²) in [6.07, 6.45) is 2.24. The maximum Gasteiger partial charge on any atom is 0.291 e. The molecular weight excluding hydrogens is 440 g/mol. The molecular formula is C20H21BrN4O4. The predicted molar refractivity (Wildman–Crippen MR) is 111 cm³/mol. The fourth-order valence-electron chi connectivity index (χ4n) is 2.59. The molecule has 0 spiro atoms. The van der Waals surface area contributed by atoms with Crippen molar-refractivity contribution < 1.29 is 18.7 Å². The first-order valence-electron chi connectivity index (χ1n) is 9.07. The highest BCUT2D eigenvalue weighted by Crippen LogP contribution is 2.25. The van der Waals surface area contributed by atoms with E-state index < -0.39 is 5.91 Å². The first-order valence-corrected chi connectivity index (χ1v) is 9.86. The van der Waals surface area contributed by atoms with E-state index in [0.29, 0.717) is 23.7 Å². The molecule has 0 saturated carbocycles. The monoisotopic (exact) mass is 460 g/mol. The molecule has 29 heavy (non-hydrogen) atoms. The van der Waals surface area contributed by atoms with Crippen LogP contribution in [0, 0.1) is 0 Å². The average molecular weight is 461 g/mol. The number of aryl methyl sites for hydroxylation is 1. The lowest BCUT2D eigenvalue weighted by molar-refractivity contribution is 0.0945. The van der Waals surface area contributed by atoms with Gasteiger partial charge in [-0.05, 0) is 46.6 Å². The van der Waals surface area contributed by atoms with Gasteiger partial charge in [-0.2, -0.15) is 5.10 Å². The number of nitrogens with one attached hydrogen (secondary N) is 2. The topological polar surface area (TPSA) is 98.4 Å². The van der Waals surface area contributed by atoms with Crippen LogP contribution in [-0.4, -0.2) is 28.1 Å². The van der Waals surface area contributed by atoms with Gasteiger partial charge in [0.1, 0.15) is 23.8 Å². The molecule has 3 aromatic rings. The Morgan fingerprint density at radius 3 is 2.76 bits per heavy atom. The Morgan fingerprint density at radius 2 is 2.00 bits per heavy atom. The molecule has 3 rings (SSSR count). The molecule has 0 aliphatic heterocycles. The Balaban J connectivity index is 1.65. The van der Waals surface area contributed by atoms with Gasteiger partial charge in [0.25, 0.3) is 11.8 Å². The largest absolute Gasteiger partial charge is 0.484 e. The van der Waals surface area contributed by atoms with E-state index in [-0.39, 0.29) is 24.0 Å². The number of nitrogens with zero attached hydrogens (tertiary/aromatic N) is 2. The Labute approximate surface area is 176 Å². The van der Waals surface area contributed by atoms with Crippen LogP contribution in [-0.2, 0) is 13.7 Å². The number of carbonyl (C=O) groups is 2. The fourth-order valence-corrected chi connectivity index (χ4v) is 2.99. The minimum atomic E-state index is -0.477. The molecule has 9 heteroatoms. The molecule has 2 N–H and O–H groups in total. The minimum Gasteiger partial charge on any atom is -0.484 e. The quantitative estimate of drug-likeness (QED) is 0.533. The van der Waals surface area contributed by atoms with Gasteiger partial charge in [0, 0.05) is 13.6 Å². The summed E-state index contributed by atoms with van der Waals surface area (Å²) in [4.78, 5) is 24.8. The zero-order chi connectivity index (χ0) is 20.8. The van der Waals surface area contributed by atoms with Crippen LogP contribution in [0.4, 0.5) is 5.69 Å². The number of furan rings is 1. The number of hydrogen-bond acceptors (Lipinski definition) is 5. The van der Waals surface area contributed by atoms with E-state index in [2.05, 4.69) is 31.7 Å². The van der Waals surface area contributed by atoms with Crippen LogP contribution in [0.5, 0.6) is 5.75 Å². The number of anilines is 1. The summed E-state index contributed by atoms with van der Waals surface area (Å²) in [5, 5.41) is 9.51. The third-order valence-corrected chi connectivity index (χ3v) is 4.68. The molecule has 2 heterocycles. The summed E-state index contributed by atoms with van der Waals surface area (Å²) >= 11 is 3.41. The van der Waals surface area contributed by atoms with E-state index in [0.717, 1.165) is 10.9 Å². The van der Waals surface area contributed by atoms with Gasteiger partial charge in [-0.25, -0.2) is 0 Å². The molecule has 8 nitrogen and oxygen atoms in total. The number of para-hydroxylation sites is 1. The summed E-state index contributed by atoms with van der Waals surface area (Å²) < 4.78 is 13.5. The summed E-state index contributed by atoms with van der Waals surface area (Å²) in [5.74, 6) is 0.504. The van der Waals surface area contributed by atoms with Gasteiger partial charge in [-0.3, -0.25) is 14.3 Å². The van der Waals surface area contributed by atoms with Crippen LogP contribution >= 0.6 is 15.9 Å². The highest BCUT2D eigenvalue weighted by molar-refractivity contribution is 9.10. The Morgan fingerprint density at radius 1 is 1.21 bits per heavy atom. The number of halogens is 1. The lowest BCUT2D eigenvalue weighted by Crippen LogP contribution is -2.27. The molecule has 2 amide bonds. The van der Waals surface area contributed by atoms with Gasteiger partial charge < -0.3 is 19.8 Å². The smallest absolute Gasteiger partial charge is 0.291 e. The van der Waals surface area contributed by atoms with Crippen molar-refractivity contribution >= 4 is 33.4 Å². The fraction of sp³-hybridized carbons (Fsp3) is 0.250. The third-order valence-electron chi connectivity index (χ3n) is 4.03. The van der Waals surface area contributed by atoms with Crippen molar-refractivity contribution in [3.8, 4) is 5.75 Å². The van der Waals surface area contributed by atoms with E-state index in [1.807, 2.05) is 31.2 Å². The Bertz CT molecular complexity index is 1010. The molecule has 0 bridgehead atoms. The van der Waals surface area contributed by atoms with Crippen molar-refractivity contribution in [2.24, 2.45) is 7.05 Å². The molecule has 2 aromatic heterocycles. The maximum absolute atomic E-state index is 12.5. The second kappa shape index (κ2) is 9.42. The standard InChI is InChI=1S/C20H21BrN4O4/c1-3-10-22-20(27)18-15(11-23-25(18)2)24-19(26)17-9-8-13(29-17)12-28-16-7-5-4-6-14(16)21/h4-9,11H,3,10,12H2,1-2H3,(H,22,27)(H,24,26). The van der Waals surface area contributed by atoms with Gasteiger partial charge in [-0.1, -0.05) is 19.1 Å². The Kier molecular flexibility index (Phi) is 6.71. The van der Waals surface area contributed by atoms with Crippen molar-refractivity contribution in [1.82, 2.24) is 15.1 Å². The molecule has 0 aliphatic carbocycles. The first-order chi connectivity index (χ1) is 14.0. The van der Waals surface area contributed by atoms with Crippen LogP contribution in [0.3, 0.4) is 0 Å². The number of rotatable bonds is 8. The number of ether oxygens (including phenoxy) is 1. The van der Waals surface area contributed by atoms with Crippen molar-refractivity contribution in [2.45, 2.75) is 20.0 Å². The van der Waals surface area contributed by atoms with Crippen LogP contribution < -0.4 is 15.4 Å². The third kappa shape index (κ3) is 5.05. The van der Waals surface area contributed by atoms with Gasteiger partial charge >= 0.3 is 0 Å². The number of benzene rings is 1. The van der Waals surface area contributed by atoms with Crippen LogP contribution in [0.25, 0.3) is 0 Å². The van der Waals surface area contributed by atoms with E-state index in [4.69, 9.17) is 9.15 Å². The zero-order valence-corrected chi connectivity index (χ0v) is 17.7. The first kappa shape index (κ1) is 20.7. The lowest BCUT2D eigenvalue weighted by atomic mass is 10.3. The number of amides is 2. The number of hydrogen-bond donors (Lipinski definition) is 2. The van der Waals surface area contributed by atoms with Gasteiger partial charge in [0.05, 0.1) is 16.4 Å². The maximum atomic E-state index is 12.5. The van der Waals surface area contributed by atoms with Crippen molar-refractivity contribution in [2.75, 3.05) is 11.9 Å². The lowest BCUT2D eigenvalue weighted by Gasteiger charge is -2.08. The van der Waals surface area contributed by atoms with Gasteiger partial charge in [0.15, 0.2) is 5.76 Å². The number of carbonyl (C=O) groups excluding carboxylic acids is 2. The molecule has 1 aromatic carbocycles. The predicted octanol–water partition coefficient (Wildman–Crippen LogP) is 3.75. The average Bonchev–Trinajstić information content (AvgIpc) is 3.32. The highest BCUT2D eigenvalue weighted by atomic mass is 79.9. The normalized spacial score (nSPS) is 10.6. The SMILES string of the molecule is CCCNC(=O)c1c(NC(=O)c2ccc(COc3ccccc3Br)o2)cnn1C. The van der Waals surface area contributed by atoms with Crippen LogP contribution in [0.1, 0.15) is 40.1 Å². The van der Waals surface area contributed by atoms with Crippen LogP contribution in [0.15, 0.2) is 51.5 Å². The highest BCUT2D eigenvalue weighted by Gasteiger charge is 2.20. The summed E-state index contributed by atoms with van der Waals surface area (Å²) in [5.41, 5.74) is 0.587. The minimum absolute atomic E-state index is 0.111. The zero-order valence-electron chi connectivity index (χ0n) is 16.1. The summed E-state index contributed by atoms with van der Waals surface area (Å²) in [6.45, 7) is 2.67. The molecule has 0 unspecified atom stereocenters.